The molecule has 0 saturated heterocycles. The van der Waals surface area contributed by atoms with Crippen molar-refractivity contribution in [2.45, 2.75) is 34.8 Å². The molecule has 0 radical (unpaired) electrons. The van der Waals surface area contributed by atoms with Crippen LogP contribution in [0.4, 0.5) is 0 Å². The fourth-order valence-corrected chi connectivity index (χ4v) is 2.93. The van der Waals surface area contributed by atoms with Gasteiger partial charge in [-0.1, -0.05) is 0 Å². The van der Waals surface area contributed by atoms with E-state index >= 15 is 0 Å². The number of thiol groups is 4. The summed E-state index contributed by atoms with van der Waals surface area (Å²) in [5.41, 5.74) is 0. The highest BCUT2D eigenvalue weighted by molar-refractivity contribution is 7.99. The lowest BCUT2D eigenvalue weighted by Crippen LogP contribution is -2.22. The molecule has 1 aliphatic carbocycles. The fourth-order valence-electron chi connectivity index (χ4n) is 1.74. The van der Waals surface area contributed by atoms with Gasteiger partial charge in [-0.3, -0.25) is 0 Å². The summed E-state index contributed by atoms with van der Waals surface area (Å²) < 4.78 is 0.508. The van der Waals surface area contributed by atoms with Crippen LogP contribution >= 0.6 is 50.5 Å². The highest BCUT2D eigenvalue weighted by Crippen LogP contribution is 2.37. The zero-order valence-corrected chi connectivity index (χ0v) is 10.5. The molecule has 0 N–H and O–H groups in total. The van der Waals surface area contributed by atoms with Gasteiger partial charge in [0.25, 0.3) is 0 Å². The van der Waals surface area contributed by atoms with E-state index in [2.05, 4.69) is 50.5 Å². The van der Waals surface area contributed by atoms with Gasteiger partial charge in [0.1, 0.15) is 0 Å². The standard InChI is InChI=1S/C8H16S4/c9-7(10)5-1-2-6(4-3-5)8(11)12/h5-12H,1-4H2. The van der Waals surface area contributed by atoms with Crippen LogP contribution < -0.4 is 0 Å². The van der Waals surface area contributed by atoms with Crippen molar-refractivity contribution in [1.82, 2.24) is 0 Å². The molecule has 0 unspecified atom stereocenters. The first-order chi connectivity index (χ1) is 5.61. The molecule has 0 aromatic heterocycles. The lowest BCUT2D eigenvalue weighted by atomic mass is 9.83. The van der Waals surface area contributed by atoms with Gasteiger partial charge in [0.05, 0.1) is 0 Å². The SMILES string of the molecule is SC(S)C1CCC(C(S)S)CC1. The van der Waals surface area contributed by atoms with Crippen molar-refractivity contribution < 1.29 is 0 Å². The summed E-state index contributed by atoms with van der Waals surface area (Å²) in [5.74, 6) is 1.38. The van der Waals surface area contributed by atoms with Crippen molar-refractivity contribution in [2.24, 2.45) is 11.8 Å². The smallest absolute Gasteiger partial charge is 0.0470 e. The molecule has 12 heavy (non-hydrogen) atoms. The Kier molecular flexibility index (Phi) is 5.09. The summed E-state index contributed by atoms with van der Waals surface area (Å²) in [4.78, 5) is 0. The van der Waals surface area contributed by atoms with Gasteiger partial charge in [0, 0.05) is 9.16 Å². The van der Waals surface area contributed by atoms with Gasteiger partial charge in [-0.15, -0.1) is 0 Å². The van der Waals surface area contributed by atoms with E-state index in [-0.39, 0.29) is 9.16 Å². The Bertz CT molecular complexity index is 111. The lowest BCUT2D eigenvalue weighted by molar-refractivity contribution is 0.304. The molecule has 0 bridgehead atoms. The van der Waals surface area contributed by atoms with Gasteiger partial charge in [-0.05, 0) is 37.5 Å². The largest absolute Gasteiger partial charge is 0.165 e. The third-order valence-corrected chi connectivity index (χ3v) is 4.35. The molecule has 0 aliphatic heterocycles. The number of rotatable bonds is 2. The van der Waals surface area contributed by atoms with Crippen LogP contribution in [0.1, 0.15) is 25.7 Å². The molecular formula is C8H16S4. The topological polar surface area (TPSA) is 0 Å². The second-order valence-corrected chi connectivity index (χ2v) is 6.54. The van der Waals surface area contributed by atoms with Crippen LogP contribution in [-0.4, -0.2) is 9.16 Å². The Morgan fingerprint density at radius 2 is 0.917 bits per heavy atom. The van der Waals surface area contributed by atoms with Gasteiger partial charge in [0.15, 0.2) is 0 Å². The van der Waals surface area contributed by atoms with E-state index in [1.54, 1.807) is 0 Å². The Labute approximate surface area is 96.9 Å². The molecule has 0 nitrogen and oxygen atoms in total. The number of hydrogen-bond acceptors (Lipinski definition) is 4. The first-order valence-electron chi connectivity index (χ1n) is 4.33. The molecule has 1 saturated carbocycles. The average molecular weight is 240 g/mol. The van der Waals surface area contributed by atoms with E-state index in [4.69, 9.17) is 0 Å². The Balaban J connectivity index is 2.30. The Hall–Kier alpha value is 1.40. The second-order valence-electron chi connectivity index (χ2n) is 3.50. The minimum absolute atomic E-state index is 0.254. The van der Waals surface area contributed by atoms with Gasteiger partial charge in [-0.25, -0.2) is 0 Å². The van der Waals surface area contributed by atoms with Crippen LogP contribution in [0.2, 0.25) is 0 Å². The molecule has 0 heterocycles. The van der Waals surface area contributed by atoms with Crippen molar-refractivity contribution in [3.63, 3.8) is 0 Å². The molecule has 0 aromatic carbocycles. The Morgan fingerprint density at radius 3 is 1.08 bits per heavy atom. The highest BCUT2D eigenvalue weighted by atomic mass is 32.2. The summed E-state index contributed by atoms with van der Waals surface area (Å²) in [6.07, 6.45) is 4.94. The maximum Gasteiger partial charge on any atom is 0.0470 e. The molecule has 1 aliphatic rings. The molecule has 0 spiro atoms. The summed E-state index contributed by atoms with van der Waals surface area (Å²) in [6.45, 7) is 0. The van der Waals surface area contributed by atoms with Crippen molar-refractivity contribution in [1.29, 1.82) is 0 Å². The highest BCUT2D eigenvalue weighted by Gasteiger charge is 2.26. The van der Waals surface area contributed by atoms with Gasteiger partial charge in [-0.2, -0.15) is 50.5 Å². The minimum atomic E-state index is 0.254. The van der Waals surface area contributed by atoms with Gasteiger partial charge >= 0.3 is 0 Å². The van der Waals surface area contributed by atoms with Crippen LogP contribution in [0.5, 0.6) is 0 Å². The quantitative estimate of drug-likeness (QED) is 0.414. The molecule has 0 amide bonds. The summed E-state index contributed by atoms with van der Waals surface area (Å²) in [5, 5.41) is 0. The molecule has 72 valence electrons. The maximum atomic E-state index is 4.35. The first kappa shape index (κ1) is 11.5. The van der Waals surface area contributed by atoms with Crippen LogP contribution in [0, 0.1) is 11.8 Å². The number of hydrogen-bond donors (Lipinski definition) is 4. The normalized spacial score (nSPS) is 31.5. The zero-order valence-electron chi connectivity index (χ0n) is 6.93. The minimum Gasteiger partial charge on any atom is -0.165 e. The second kappa shape index (κ2) is 5.32. The van der Waals surface area contributed by atoms with E-state index in [1.807, 2.05) is 0 Å². The molecular weight excluding hydrogens is 224 g/mol. The molecule has 1 fully saturated rings. The van der Waals surface area contributed by atoms with Crippen molar-refractivity contribution >= 4 is 50.5 Å². The van der Waals surface area contributed by atoms with Crippen molar-refractivity contribution in [3.8, 4) is 0 Å². The van der Waals surface area contributed by atoms with Gasteiger partial charge in [0.2, 0.25) is 0 Å². The van der Waals surface area contributed by atoms with E-state index < -0.39 is 0 Å². The van der Waals surface area contributed by atoms with E-state index in [0.29, 0.717) is 11.8 Å². The molecule has 4 heteroatoms. The van der Waals surface area contributed by atoms with E-state index in [1.165, 1.54) is 25.7 Å². The predicted octanol–water partition coefficient (Wildman–Crippen LogP) is 3.16. The monoisotopic (exact) mass is 240 g/mol. The van der Waals surface area contributed by atoms with Crippen LogP contribution in [0.25, 0.3) is 0 Å². The molecule has 1 rings (SSSR count). The van der Waals surface area contributed by atoms with Crippen LogP contribution in [0.15, 0.2) is 0 Å². The first-order valence-corrected chi connectivity index (χ1v) is 6.40. The Morgan fingerprint density at radius 1 is 0.667 bits per heavy atom. The van der Waals surface area contributed by atoms with Crippen molar-refractivity contribution in [3.05, 3.63) is 0 Å². The van der Waals surface area contributed by atoms with Crippen molar-refractivity contribution in [2.75, 3.05) is 0 Å². The van der Waals surface area contributed by atoms with E-state index in [9.17, 15) is 0 Å². The maximum absolute atomic E-state index is 4.35. The van der Waals surface area contributed by atoms with Gasteiger partial charge < -0.3 is 0 Å². The molecule has 0 aromatic rings. The predicted molar refractivity (Wildman–Crippen MR) is 69.0 cm³/mol. The van der Waals surface area contributed by atoms with Crippen LogP contribution in [0.3, 0.4) is 0 Å². The third kappa shape index (κ3) is 3.28. The third-order valence-electron chi connectivity index (χ3n) is 2.66. The average Bonchev–Trinajstić information content (AvgIpc) is 2.04. The fraction of sp³-hybridized carbons (Fsp3) is 1.00. The summed E-state index contributed by atoms with van der Waals surface area (Å²) >= 11 is 17.4. The zero-order chi connectivity index (χ0) is 9.14. The summed E-state index contributed by atoms with van der Waals surface area (Å²) in [6, 6.07) is 0. The van der Waals surface area contributed by atoms with E-state index in [0.717, 1.165) is 0 Å². The van der Waals surface area contributed by atoms with Crippen LogP contribution in [-0.2, 0) is 0 Å². The lowest BCUT2D eigenvalue weighted by Gasteiger charge is -2.31. The summed E-state index contributed by atoms with van der Waals surface area (Å²) in [7, 11) is 0. The molecule has 0 atom stereocenters.